The van der Waals surface area contributed by atoms with Crippen LogP contribution in [-0.4, -0.2) is 54.5 Å². The first kappa shape index (κ1) is 15.4. The molecule has 4 heteroatoms. The van der Waals surface area contributed by atoms with Crippen LogP contribution in [0, 0.1) is 5.41 Å². The van der Waals surface area contributed by atoms with Gasteiger partial charge in [0.05, 0.1) is 6.04 Å². The van der Waals surface area contributed by atoms with Crippen molar-refractivity contribution >= 4 is 5.91 Å². The Hall–Kier alpha value is -0.610. The molecule has 4 nitrogen and oxygen atoms in total. The van der Waals surface area contributed by atoms with Crippen molar-refractivity contribution in [1.29, 1.82) is 0 Å². The van der Waals surface area contributed by atoms with E-state index in [0.717, 1.165) is 32.5 Å². The summed E-state index contributed by atoms with van der Waals surface area (Å²) >= 11 is 0. The molecule has 1 aliphatic rings. The summed E-state index contributed by atoms with van der Waals surface area (Å²) in [6.07, 6.45) is 2.03. The Morgan fingerprint density at radius 2 is 2.00 bits per heavy atom. The number of nitrogens with two attached hydrogens (primary N) is 1. The van der Waals surface area contributed by atoms with E-state index < -0.39 is 6.04 Å². The molecule has 0 aromatic carbocycles. The third kappa shape index (κ3) is 3.69. The van der Waals surface area contributed by atoms with E-state index in [0.29, 0.717) is 6.04 Å². The highest BCUT2D eigenvalue weighted by Gasteiger charge is 2.34. The van der Waals surface area contributed by atoms with Crippen molar-refractivity contribution in [3.05, 3.63) is 0 Å². The van der Waals surface area contributed by atoms with E-state index in [1.807, 2.05) is 25.7 Å². The van der Waals surface area contributed by atoms with Crippen molar-refractivity contribution in [2.45, 2.75) is 52.6 Å². The van der Waals surface area contributed by atoms with Crippen molar-refractivity contribution in [2.24, 2.45) is 11.1 Å². The Labute approximate surface area is 111 Å². The molecule has 0 saturated carbocycles. The van der Waals surface area contributed by atoms with E-state index in [9.17, 15) is 4.79 Å². The predicted molar refractivity (Wildman–Crippen MR) is 75.3 cm³/mol. The van der Waals surface area contributed by atoms with Gasteiger partial charge in [0.1, 0.15) is 0 Å². The normalized spacial score (nSPS) is 24.8. The zero-order valence-corrected chi connectivity index (χ0v) is 12.6. The number of amides is 1. The van der Waals surface area contributed by atoms with Crippen LogP contribution >= 0.6 is 0 Å². The number of hydrogen-bond acceptors (Lipinski definition) is 3. The highest BCUT2D eigenvalue weighted by Crippen LogP contribution is 2.22. The van der Waals surface area contributed by atoms with Crippen molar-refractivity contribution in [2.75, 3.05) is 26.7 Å². The summed E-state index contributed by atoms with van der Waals surface area (Å²) < 4.78 is 0. The highest BCUT2D eigenvalue weighted by molar-refractivity contribution is 5.82. The Morgan fingerprint density at radius 1 is 1.39 bits per heavy atom. The van der Waals surface area contributed by atoms with Gasteiger partial charge in [-0.05, 0) is 31.8 Å². The van der Waals surface area contributed by atoms with Gasteiger partial charge in [0.25, 0.3) is 0 Å². The zero-order valence-electron chi connectivity index (χ0n) is 12.6. The lowest BCUT2D eigenvalue weighted by Gasteiger charge is -2.36. The predicted octanol–water partition coefficient (Wildman–Crippen LogP) is 1.30. The Kier molecular flexibility index (Phi) is 5.17. The van der Waals surface area contributed by atoms with Gasteiger partial charge in [0.15, 0.2) is 0 Å². The van der Waals surface area contributed by atoms with Crippen LogP contribution in [0.1, 0.15) is 40.5 Å². The molecular formula is C14H29N3O. The number of nitrogens with zero attached hydrogens (tertiary/aromatic N) is 2. The molecule has 0 aromatic heterocycles. The summed E-state index contributed by atoms with van der Waals surface area (Å²) in [5.41, 5.74) is 5.95. The molecule has 0 aliphatic carbocycles. The van der Waals surface area contributed by atoms with Gasteiger partial charge in [-0.3, -0.25) is 4.79 Å². The summed E-state index contributed by atoms with van der Waals surface area (Å²) in [7, 11) is 2.13. The molecule has 1 heterocycles. The standard InChI is InChI=1S/C14H29N3O/c1-6-11-10-16(5)8-7-9-17(11)13(18)12(15)14(2,3)4/h11-12H,6-10,15H2,1-5H3. The minimum atomic E-state index is -0.407. The quantitative estimate of drug-likeness (QED) is 0.809. The Balaban J connectivity index is 2.81. The fourth-order valence-corrected chi connectivity index (χ4v) is 2.43. The largest absolute Gasteiger partial charge is 0.337 e. The van der Waals surface area contributed by atoms with Crippen LogP contribution in [0.25, 0.3) is 0 Å². The molecule has 0 spiro atoms. The van der Waals surface area contributed by atoms with Crippen LogP contribution < -0.4 is 5.73 Å². The van der Waals surface area contributed by atoms with Crippen molar-refractivity contribution in [3.8, 4) is 0 Å². The van der Waals surface area contributed by atoms with E-state index in [1.54, 1.807) is 0 Å². The number of carbonyl (C=O) groups is 1. The average Bonchev–Trinajstić information content (AvgIpc) is 2.47. The van der Waals surface area contributed by atoms with Gasteiger partial charge in [-0.2, -0.15) is 0 Å². The molecule has 1 fully saturated rings. The second-order valence-electron chi connectivity index (χ2n) is 6.55. The van der Waals surface area contributed by atoms with Crippen LogP contribution in [0.5, 0.6) is 0 Å². The van der Waals surface area contributed by atoms with E-state index in [4.69, 9.17) is 5.73 Å². The van der Waals surface area contributed by atoms with Crippen LogP contribution in [0.4, 0.5) is 0 Å². The molecule has 106 valence electrons. The van der Waals surface area contributed by atoms with Gasteiger partial charge in [0.2, 0.25) is 5.91 Å². The van der Waals surface area contributed by atoms with Gasteiger partial charge in [-0.25, -0.2) is 0 Å². The summed E-state index contributed by atoms with van der Waals surface area (Å²) in [5, 5.41) is 0. The summed E-state index contributed by atoms with van der Waals surface area (Å²) in [6, 6.07) is -0.103. The number of likely N-dealkylation sites (N-methyl/N-ethyl adjacent to an activating group) is 1. The summed E-state index contributed by atoms with van der Waals surface area (Å²) in [5.74, 6) is 0.115. The fraction of sp³-hybridized carbons (Fsp3) is 0.929. The average molecular weight is 255 g/mol. The van der Waals surface area contributed by atoms with Crippen LogP contribution in [-0.2, 0) is 4.79 Å². The van der Waals surface area contributed by atoms with E-state index >= 15 is 0 Å². The summed E-state index contributed by atoms with van der Waals surface area (Å²) in [4.78, 5) is 16.9. The Bertz CT molecular complexity index is 285. The topological polar surface area (TPSA) is 49.6 Å². The molecule has 1 aliphatic heterocycles. The summed E-state index contributed by atoms with van der Waals surface area (Å²) in [6.45, 7) is 11.1. The second kappa shape index (κ2) is 6.02. The minimum Gasteiger partial charge on any atom is -0.337 e. The maximum absolute atomic E-state index is 12.6. The van der Waals surface area contributed by atoms with E-state index in [2.05, 4.69) is 18.9 Å². The highest BCUT2D eigenvalue weighted by atomic mass is 16.2. The van der Waals surface area contributed by atoms with E-state index in [1.165, 1.54) is 0 Å². The number of carbonyl (C=O) groups excluding carboxylic acids is 1. The maximum atomic E-state index is 12.6. The first-order chi connectivity index (χ1) is 8.27. The van der Waals surface area contributed by atoms with E-state index in [-0.39, 0.29) is 11.3 Å². The van der Waals surface area contributed by atoms with Crippen LogP contribution in [0.2, 0.25) is 0 Å². The molecule has 1 amide bonds. The lowest BCUT2D eigenvalue weighted by Crippen LogP contribution is -2.54. The number of hydrogen-bond donors (Lipinski definition) is 1. The third-order valence-corrected chi connectivity index (χ3v) is 3.86. The molecule has 0 bridgehead atoms. The van der Waals surface area contributed by atoms with Crippen LogP contribution in [0.15, 0.2) is 0 Å². The second-order valence-corrected chi connectivity index (χ2v) is 6.55. The molecule has 2 unspecified atom stereocenters. The Morgan fingerprint density at radius 3 is 2.50 bits per heavy atom. The smallest absolute Gasteiger partial charge is 0.240 e. The SMILES string of the molecule is CCC1CN(C)CCCN1C(=O)C(N)C(C)(C)C. The van der Waals surface area contributed by atoms with Gasteiger partial charge >= 0.3 is 0 Å². The lowest BCUT2D eigenvalue weighted by atomic mass is 9.86. The lowest BCUT2D eigenvalue weighted by molar-refractivity contribution is -0.137. The molecule has 2 atom stereocenters. The van der Waals surface area contributed by atoms with Crippen molar-refractivity contribution < 1.29 is 4.79 Å². The monoisotopic (exact) mass is 255 g/mol. The maximum Gasteiger partial charge on any atom is 0.240 e. The van der Waals surface area contributed by atoms with Gasteiger partial charge < -0.3 is 15.5 Å². The molecule has 18 heavy (non-hydrogen) atoms. The molecule has 0 radical (unpaired) electrons. The molecule has 1 rings (SSSR count). The number of rotatable bonds is 2. The molecular weight excluding hydrogens is 226 g/mol. The molecule has 1 saturated heterocycles. The van der Waals surface area contributed by atoms with Gasteiger partial charge in [-0.1, -0.05) is 27.7 Å². The fourth-order valence-electron chi connectivity index (χ4n) is 2.43. The minimum absolute atomic E-state index is 0.115. The van der Waals surface area contributed by atoms with Crippen molar-refractivity contribution in [3.63, 3.8) is 0 Å². The first-order valence-electron chi connectivity index (χ1n) is 7.02. The third-order valence-electron chi connectivity index (χ3n) is 3.86. The van der Waals surface area contributed by atoms with Gasteiger partial charge in [0, 0.05) is 19.1 Å². The van der Waals surface area contributed by atoms with Crippen molar-refractivity contribution in [1.82, 2.24) is 9.80 Å². The van der Waals surface area contributed by atoms with Crippen LogP contribution in [0.3, 0.4) is 0 Å². The molecule has 2 N–H and O–H groups in total. The molecule has 0 aromatic rings. The van der Waals surface area contributed by atoms with Gasteiger partial charge in [-0.15, -0.1) is 0 Å². The zero-order chi connectivity index (χ0) is 13.9. The first-order valence-corrected chi connectivity index (χ1v) is 7.02.